The van der Waals surface area contributed by atoms with Crippen molar-refractivity contribution in [3.8, 4) is 5.75 Å². The summed E-state index contributed by atoms with van der Waals surface area (Å²) >= 11 is 0. The molecule has 0 atom stereocenters. The van der Waals surface area contributed by atoms with Gasteiger partial charge in [-0.15, -0.1) is 0 Å². The second-order valence-electron chi connectivity index (χ2n) is 4.26. The van der Waals surface area contributed by atoms with E-state index in [9.17, 15) is 9.90 Å². The number of aromatic hydroxyl groups is 1. The third-order valence-corrected chi connectivity index (χ3v) is 2.77. The molecule has 0 saturated carbocycles. The van der Waals surface area contributed by atoms with Crippen molar-refractivity contribution in [3.05, 3.63) is 30.0 Å². The Kier molecular flexibility index (Phi) is 2.15. The van der Waals surface area contributed by atoms with Gasteiger partial charge in [0, 0.05) is 10.9 Å². The summed E-state index contributed by atoms with van der Waals surface area (Å²) < 4.78 is 5.27. The highest BCUT2D eigenvalue weighted by Crippen LogP contribution is 2.33. The predicted octanol–water partition coefficient (Wildman–Crippen LogP) is 2.50. The van der Waals surface area contributed by atoms with Crippen LogP contribution in [0.2, 0.25) is 0 Å². The minimum atomic E-state index is -1.04. The van der Waals surface area contributed by atoms with Crippen molar-refractivity contribution in [2.75, 3.05) is 0 Å². The molecular weight excluding hydrogens is 208 g/mol. The molecule has 0 spiro atoms. The maximum atomic E-state index is 11.1. The summed E-state index contributed by atoms with van der Waals surface area (Å²) in [5.74, 6) is -0.838. The number of furan rings is 1. The van der Waals surface area contributed by atoms with Crippen LogP contribution in [0.15, 0.2) is 28.9 Å². The molecule has 0 saturated heterocycles. The first-order chi connectivity index (χ1) is 7.43. The van der Waals surface area contributed by atoms with E-state index in [1.807, 2.05) is 0 Å². The highest BCUT2D eigenvalue weighted by molar-refractivity contribution is 5.91. The summed E-state index contributed by atoms with van der Waals surface area (Å²) in [4.78, 5) is 11.1. The molecule has 4 heteroatoms. The van der Waals surface area contributed by atoms with Crippen molar-refractivity contribution in [3.63, 3.8) is 0 Å². The maximum Gasteiger partial charge on any atom is 0.313 e. The Morgan fingerprint density at radius 2 is 2.06 bits per heavy atom. The second kappa shape index (κ2) is 3.27. The van der Waals surface area contributed by atoms with Crippen LogP contribution in [0.5, 0.6) is 5.75 Å². The van der Waals surface area contributed by atoms with Gasteiger partial charge in [-0.25, -0.2) is 0 Å². The minimum Gasteiger partial charge on any atom is -0.508 e. The van der Waals surface area contributed by atoms with Gasteiger partial charge in [0.05, 0.1) is 11.7 Å². The number of phenolic OH excluding ortho intramolecular Hbond substituents is 1. The van der Waals surface area contributed by atoms with Gasteiger partial charge < -0.3 is 14.6 Å². The average molecular weight is 220 g/mol. The molecule has 1 aromatic heterocycles. The van der Waals surface area contributed by atoms with E-state index in [1.165, 1.54) is 18.4 Å². The SMILES string of the molecule is CC(C)(C(=O)O)c1coc2ccc(O)cc12. The second-order valence-corrected chi connectivity index (χ2v) is 4.26. The van der Waals surface area contributed by atoms with Gasteiger partial charge in [0.2, 0.25) is 0 Å². The number of benzene rings is 1. The molecule has 1 heterocycles. The van der Waals surface area contributed by atoms with Gasteiger partial charge in [-0.1, -0.05) is 0 Å². The van der Waals surface area contributed by atoms with E-state index in [0.29, 0.717) is 16.5 Å². The number of hydrogen-bond donors (Lipinski definition) is 2. The van der Waals surface area contributed by atoms with Gasteiger partial charge in [0.25, 0.3) is 0 Å². The normalized spacial score (nSPS) is 11.9. The first-order valence-corrected chi connectivity index (χ1v) is 4.87. The van der Waals surface area contributed by atoms with Crippen molar-refractivity contribution >= 4 is 16.9 Å². The largest absolute Gasteiger partial charge is 0.508 e. The summed E-state index contributed by atoms with van der Waals surface area (Å²) in [6, 6.07) is 4.63. The molecular formula is C12H12O4. The van der Waals surface area contributed by atoms with E-state index in [-0.39, 0.29) is 5.75 Å². The fourth-order valence-electron chi connectivity index (χ4n) is 1.62. The molecule has 0 radical (unpaired) electrons. The molecule has 0 aliphatic heterocycles. The Morgan fingerprint density at radius 3 is 2.69 bits per heavy atom. The Balaban J connectivity index is 2.70. The first kappa shape index (κ1) is 10.5. The van der Waals surface area contributed by atoms with Gasteiger partial charge in [-0.05, 0) is 32.0 Å². The van der Waals surface area contributed by atoms with E-state index >= 15 is 0 Å². The molecule has 0 fully saturated rings. The van der Waals surface area contributed by atoms with Gasteiger partial charge in [0.1, 0.15) is 11.3 Å². The highest BCUT2D eigenvalue weighted by atomic mass is 16.4. The van der Waals surface area contributed by atoms with Gasteiger partial charge in [0.15, 0.2) is 0 Å². The van der Waals surface area contributed by atoms with Gasteiger partial charge in [-0.3, -0.25) is 4.79 Å². The lowest BCUT2D eigenvalue weighted by molar-refractivity contribution is -0.142. The quantitative estimate of drug-likeness (QED) is 0.815. The van der Waals surface area contributed by atoms with Crippen molar-refractivity contribution in [2.24, 2.45) is 0 Å². The lowest BCUT2D eigenvalue weighted by Gasteiger charge is -2.17. The van der Waals surface area contributed by atoms with Crippen LogP contribution in [-0.2, 0) is 10.2 Å². The number of fused-ring (bicyclic) bond motifs is 1. The zero-order valence-electron chi connectivity index (χ0n) is 9.02. The molecule has 0 amide bonds. The molecule has 0 bridgehead atoms. The van der Waals surface area contributed by atoms with Crippen LogP contribution in [-0.4, -0.2) is 16.2 Å². The van der Waals surface area contributed by atoms with Crippen LogP contribution < -0.4 is 0 Å². The molecule has 2 aromatic rings. The lowest BCUT2D eigenvalue weighted by atomic mass is 9.84. The van der Waals surface area contributed by atoms with E-state index in [2.05, 4.69) is 0 Å². The number of carbonyl (C=O) groups is 1. The summed E-state index contributed by atoms with van der Waals surface area (Å²) in [6.07, 6.45) is 1.43. The standard InChI is InChI=1S/C12H12O4/c1-12(2,11(14)15)9-6-16-10-4-3-7(13)5-8(9)10/h3-6,13H,1-2H3,(H,14,15). The van der Waals surface area contributed by atoms with Crippen LogP contribution in [0, 0.1) is 0 Å². The zero-order chi connectivity index (χ0) is 11.9. The maximum absolute atomic E-state index is 11.1. The van der Waals surface area contributed by atoms with Crippen LogP contribution in [0.3, 0.4) is 0 Å². The Labute approximate surface area is 92.1 Å². The number of carboxylic acids is 1. The average Bonchev–Trinajstić information content (AvgIpc) is 2.60. The summed E-state index contributed by atoms with van der Waals surface area (Å²) in [5, 5.41) is 19.2. The van der Waals surface area contributed by atoms with Crippen LogP contribution in [0.25, 0.3) is 11.0 Å². The lowest BCUT2D eigenvalue weighted by Crippen LogP contribution is -2.28. The summed E-state index contributed by atoms with van der Waals surface area (Å²) in [6.45, 7) is 3.20. The first-order valence-electron chi connectivity index (χ1n) is 4.87. The van der Waals surface area contributed by atoms with E-state index in [1.54, 1.807) is 19.9 Å². The number of aliphatic carboxylic acids is 1. The summed E-state index contributed by atoms with van der Waals surface area (Å²) in [7, 11) is 0. The van der Waals surface area contributed by atoms with Crippen LogP contribution >= 0.6 is 0 Å². The number of phenols is 1. The third-order valence-electron chi connectivity index (χ3n) is 2.77. The molecule has 2 N–H and O–H groups in total. The predicted molar refractivity (Wildman–Crippen MR) is 58.5 cm³/mol. The number of rotatable bonds is 2. The minimum absolute atomic E-state index is 0.0938. The van der Waals surface area contributed by atoms with Crippen LogP contribution in [0.4, 0.5) is 0 Å². The third kappa shape index (κ3) is 1.43. The van der Waals surface area contributed by atoms with Crippen molar-refractivity contribution < 1.29 is 19.4 Å². The fourth-order valence-corrected chi connectivity index (χ4v) is 1.62. The van der Waals surface area contributed by atoms with Crippen molar-refractivity contribution in [1.29, 1.82) is 0 Å². The molecule has 0 aliphatic rings. The summed E-state index contributed by atoms with van der Waals surface area (Å²) in [5.41, 5.74) is 0.0898. The van der Waals surface area contributed by atoms with Gasteiger partial charge in [-0.2, -0.15) is 0 Å². The van der Waals surface area contributed by atoms with Crippen LogP contribution in [0.1, 0.15) is 19.4 Å². The van der Waals surface area contributed by atoms with Crippen molar-refractivity contribution in [1.82, 2.24) is 0 Å². The molecule has 4 nitrogen and oxygen atoms in total. The van der Waals surface area contributed by atoms with Gasteiger partial charge >= 0.3 is 5.97 Å². The molecule has 1 aromatic carbocycles. The Bertz CT molecular complexity index is 551. The smallest absolute Gasteiger partial charge is 0.313 e. The molecule has 84 valence electrons. The molecule has 0 aliphatic carbocycles. The van der Waals surface area contributed by atoms with E-state index in [0.717, 1.165) is 0 Å². The Hall–Kier alpha value is -1.97. The Morgan fingerprint density at radius 1 is 1.38 bits per heavy atom. The van der Waals surface area contributed by atoms with E-state index < -0.39 is 11.4 Å². The molecule has 16 heavy (non-hydrogen) atoms. The fraction of sp³-hybridized carbons (Fsp3) is 0.250. The highest BCUT2D eigenvalue weighted by Gasteiger charge is 2.32. The zero-order valence-corrected chi connectivity index (χ0v) is 9.02. The van der Waals surface area contributed by atoms with E-state index in [4.69, 9.17) is 9.52 Å². The number of carboxylic acid groups (broad SMARTS) is 1. The topological polar surface area (TPSA) is 70.7 Å². The number of hydrogen-bond acceptors (Lipinski definition) is 3. The molecule has 2 rings (SSSR count). The molecule has 0 unspecified atom stereocenters. The van der Waals surface area contributed by atoms with Crippen molar-refractivity contribution in [2.45, 2.75) is 19.3 Å². The monoisotopic (exact) mass is 220 g/mol.